The molecule has 0 saturated carbocycles. The van der Waals surface area contributed by atoms with E-state index in [1.165, 1.54) is 25.7 Å². The number of aromatic nitrogens is 1. The van der Waals surface area contributed by atoms with E-state index in [-0.39, 0.29) is 0 Å². The lowest BCUT2D eigenvalue weighted by Gasteiger charge is -1.97. The van der Waals surface area contributed by atoms with E-state index < -0.39 is 0 Å². The summed E-state index contributed by atoms with van der Waals surface area (Å²) in [4.78, 5) is 3.43. The zero-order chi connectivity index (χ0) is 11.0. The smallest absolute Gasteiger partial charge is 0.0464 e. The second kappa shape index (κ2) is 3.94. The number of H-pyrrole nitrogens is 1. The molecular formula is C14H10IN. The maximum absolute atomic E-state index is 3.43. The van der Waals surface area contributed by atoms with Crippen molar-refractivity contribution in [3.63, 3.8) is 0 Å². The van der Waals surface area contributed by atoms with Gasteiger partial charge in [-0.3, -0.25) is 0 Å². The van der Waals surface area contributed by atoms with Crippen LogP contribution < -0.4 is 0 Å². The van der Waals surface area contributed by atoms with Crippen LogP contribution >= 0.6 is 22.6 Å². The summed E-state index contributed by atoms with van der Waals surface area (Å²) in [5.41, 5.74) is 3.60. The van der Waals surface area contributed by atoms with Crippen molar-refractivity contribution in [2.24, 2.45) is 0 Å². The highest BCUT2D eigenvalue weighted by Gasteiger charge is 2.01. The molecule has 3 aromatic rings. The molecule has 0 radical (unpaired) electrons. The normalized spacial score (nSPS) is 10.8. The fourth-order valence-corrected chi connectivity index (χ4v) is 2.22. The first-order chi connectivity index (χ1) is 7.83. The maximum Gasteiger partial charge on any atom is 0.0464 e. The Morgan fingerprint density at radius 2 is 1.62 bits per heavy atom. The molecule has 1 heterocycles. The van der Waals surface area contributed by atoms with Crippen molar-refractivity contribution in [2.75, 3.05) is 0 Å². The van der Waals surface area contributed by atoms with Gasteiger partial charge in [-0.15, -0.1) is 0 Å². The van der Waals surface area contributed by atoms with Crippen LogP contribution in [0.4, 0.5) is 0 Å². The highest BCUT2D eigenvalue weighted by Crippen LogP contribution is 2.24. The fourth-order valence-electron chi connectivity index (χ4n) is 1.86. The Labute approximate surface area is 108 Å². The molecule has 16 heavy (non-hydrogen) atoms. The summed E-state index contributed by atoms with van der Waals surface area (Å²) in [5, 5.41) is 1.26. The van der Waals surface area contributed by atoms with Gasteiger partial charge in [-0.25, -0.2) is 0 Å². The molecule has 0 aliphatic carbocycles. The lowest BCUT2D eigenvalue weighted by molar-refractivity contribution is 1.45. The van der Waals surface area contributed by atoms with Gasteiger partial charge in [0, 0.05) is 20.2 Å². The molecule has 2 heteroatoms. The zero-order valence-corrected chi connectivity index (χ0v) is 10.7. The van der Waals surface area contributed by atoms with Gasteiger partial charge in [-0.05, 0) is 52.4 Å². The molecule has 0 spiro atoms. The average molecular weight is 319 g/mol. The Morgan fingerprint density at radius 3 is 2.38 bits per heavy atom. The Kier molecular flexibility index (Phi) is 2.44. The Balaban J connectivity index is 2.15. The summed E-state index contributed by atoms with van der Waals surface area (Å²) in [6.45, 7) is 0. The van der Waals surface area contributed by atoms with E-state index in [0.717, 1.165) is 0 Å². The minimum Gasteiger partial charge on any atom is -0.355 e. The molecule has 1 aromatic heterocycles. The number of halogens is 1. The van der Waals surface area contributed by atoms with Crippen LogP contribution in [0.3, 0.4) is 0 Å². The van der Waals surface area contributed by atoms with Crippen molar-refractivity contribution in [1.82, 2.24) is 4.98 Å². The number of nitrogens with one attached hydrogen (secondary N) is 1. The van der Waals surface area contributed by atoms with Crippen LogP contribution in [0.1, 0.15) is 0 Å². The quantitative estimate of drug-likeness (QED) is 0.638. The van der Waals surface area contributed by atoms with Crippen LogP contribution in [0, 0.1) is 3.57 Å². The van der Waals surface area contributed by atoms with Gasteiger partial charge in [0.05, 0.1) is 0 Å². The lowest BCUT2D eigenvalue weighted by Crippen LogP contribution is -1.77. The predicted octanol–water partition coefficient (Wildman–Crippen LogP) is 4.44. The third-order valence-electron chi connectivity index (χ3n) is 2.69. The molecule has 1 N–H and O–H groups in total. The molecule has 0 aliphatic rings. The second-order valence-corrected chi connectivity index (χ2v) is 5.02. The first kappa shape index (κ1) is 9.90. The molecule has 0 unspecified atom stereocenters. The van der Waals surface area contributed by atoms with Crippen LogP contribution in [-0.2, 0) is 0 Å². The number of benzene rings is 2. The minimum atomic E-state index is 1.18. The highest BCUT2D eigenvalue weighted by molar-refractivity contribution is 14.1. The monoisotopic (exact) mass is 319 g/mol. The van der Waals surface area contributed by atoms with Gasteiger partial charge in [0.1, 0.15) is 0 Å². The first-order valence-corrected chi connectivity index (χ1v) is 6.24. The third-order valence-corrected chi connectivity index (χ3v) is 3.40. The number of fused-ring (bicyclic) bond motifs is 1. The van der Waals surface area contributed by atoms with E-state index in [0.29, 0.717) is 0 Å². The molecule has 2 aromatic carbocycles. The van der Waals surface area contributed by atoms with Crippen molar-refractivity contribution < 1.29 is 0 Å². The van der Waals surface area contributed by atoms with Gasteiger partial charge >= 0.3 is 0 Å². The number of para-hydroxylation sites is 1. The topological polar surface area (TPSA) is 15.8 Å². The molecule has 1 nitrogen and oxygen atoms in total. The minimum absolute atomic E-state index is 1.18. The van der Waals surface area contributed by atoms with Gasteiger partial charge in [0.15, 0.2) is 0 Å². The molecule has 0 fully saturated rings. The van der Waals surface area contributed by atoms with E-state index >= 15 is 0 Å². The third kappa shape index (κ3) is 1.73. The highest BCUT2D eigenvalue weighted by atomic mass is 127. The molecule has 0 amide bonds. The molecule has 0 atom stereocenters. The summed E-state index contributed by atoms with van der Waals surface area (Å²) in [5.74, 6) is 0. The number of rotatable bonds is 1. The summed E-state index contributed by atoms with van der Waals surface area (Å²) in [6.07, 6.45) is 0. The molecule has 78 valence electrons. The van der Waals surface area contributed by atoms with E-state index in [1.807, 2.05) is 0 Å². The lowest BCUT2D eigenvalue weighted by atomic mass is 10.1. The molecule has 3 rings (SSSR count). The Hall–Kier alpha value is -1.29. The number of hydrogen-bond acceptors (Lipinski definition) is 0. The van der Waals surface area contributed by atoms with Crippen molar-refractivity contribution in [3.05, 3.63) is 58.2 Å². The van der Waals surface area contributed by atoms with Crippen molar-refractivity contribution in [3.8, 4) is 11.3 Å². The van der Waals surface area contributed by atoms with Crippen LogP contribution in [0.15, 0.2) is 54.6 Å². The largest absolute Gasteiger partial charge is 0.355 e. The van der Waals surface area contributed by atoms with Gasteiger partial charge < -0.3 is 4.98 Å². The zero-order valence-electron chi connectivity index (χ0n) is 8.57. The van der Waals surface area contributed by atoms with Crippen LogP contribution in [0.25, 0.3) is 22.2 Å². The maximum atomic E-state index is 3.43. The number of hydrogen-bond donors (Lipinski definition) is 1. The van der Waals surface area contributed by atoms with Crippen molar-refractivity contribution in [2.45, 2.75) is 0 Å². The summed E-state index contributed by atoms with van der Waals surface area (Å²) in [6, 6.07) is 19.1. The summed E-state index contributed by atoms with van der Waals surface area (Å²) >= 11 is 2.32. The first-order valence-electron chi connectivity index (χ1n) is 5.17. The summed E-state index contributed by atoms with van der Waals surface area (Å²) < 4.78 is 1.26. The molecule has 0 aliphatic heterocycles. The summed E-state index contributed by atoms with van der Waals surface area (Å²) in [7, 11) is 0. The Bertz CT molecular complexity index is 590. The van der Waals surface area contributed by atoms with Gasteiger partial charge in [-0.2, -0.15) is 0 Å². The van der Waals surface area contributed by atoms with Gasteiger partial charge in [0.2, 0.25) is 0 Å². The van der Waals surface area contributed by atoms with Crippen molar-refractivity contribution in [1.29, 1.82) is 0 Å². The van der Waals surface area contributed by atoms with Crippen molar-refractivity contribution >= 4 is 33.5 Å². The van der Waals surface area contributed by atoms with Crippen LogP contribution in [0.2, 0.25) is 0 Å². The molecule has 0 bridgehead atoms. The van der Waals surface area contributed by atoms with Gasteiger partial charge in [-0.1, -0.05) is 30.3 Å². The van der Waals surface area contributed by atoms with E-state index in [4.69, 9.17) is 0 Å². The fraction of sp³-hybridized carbons (Fsp3) is 0. The number of aromatic amines is 1. The van der Waals surface area contributed by atoms with Gasteiger partial charge in [0.25, 0.3) is 0 Å². The van der Waals surface area contributed by atoms with E-state index in [2.05, 4.69) is 82.2 Å². The SMILES string of the molecule is Ic1ccc(-c2cc3ccccc3[nH]2)cc1. The van der Waals surface area contributed by atoms with E-state index in [1.54, 1.807) is 0 Å². The Morgan fingerprint density at radius 1 is 0.875 bits per heavy atom. The molecule has 0 saturated heterocycles. The van der Waals surface area contributed by atoms with E-state index in [9.17, 15) is 0 Å². The van der Waals surface area contributed by atoms with Crippen LogP contribution in [0.5, 0.6) is 0 Å². The average Bonchev–Trinajstić information content (AvgIpc) is 2.73. The van der Waals surface area contributed by atoms with Crippen LogP contribution in [-0.4, -0.2) is 4.98 Å². The molecular weight excluding hydrogens is 309 g/mol. The predicted molar refractivity (Wildman–Crippen MR) is 76.5 cm³/mol. The standard InChI is InChI=1S/C14H10IN/c15-12-7-5-10(6-8-12)14-9-11-3-1-2-4-13(11)16-14/h1-9,16H. The second-order valence-electron chi connectivity index (χ2n) is 3.78.